The number of methoxy groups -OCH3 is 1. The third kappa shape index (κ3) is 10.8. The van der Waals surface area contributed by atoms with Crippen molar-refractivity contribution in [3.05, 3.63) is 116 Å². The topological polar surface area (TPSA) is 139 Å². The summed E-state index contributed by atoms with van der Waals surface area (Å²) >= 11 is 0. The Kier molecular flexibility index (Phi) is 16.4. The van der Waals surface area contributed by atoms with Crippen molar-refractivity contribution in [2.45, 2.75) is 139 Å². The van der Waals surface area contributed by atoms with E-state index in [2.05, 4.69) is 53.4 Å². The highest BCUT2D eigenvalue weighted by Gasteiger charge is 2.52. The molecule has 10 heteroatoms. The van der Waals surface area contributed by atoms with Gasteiger partial charge >= 0.3 is 11.9 Å². The van der Waals surface area contributed by atoms with Gasteiger partial charge in [-0.3, -0.25) is 14.4 Å². The number of aliphatic hydroxyl groups is 1. The van der Waals surface area contributed by atoms with Crippen LogP contribution in [0.4, 0.5) is 0 Å². The number of nitrogens with one attached hydrogen (secondary N) is 1. The third-order valence-corrected chi connectivity index (χ3v) is 14.2. The second-order valence-electron chi connectivity index (χ2n) is 19.4. The monoisotopic (exact) mass is 885 g/mol. The smallest absolute Gasteiger partial charge is 0.321 e. The molecule has 0 aromatic carbocycles. The van der Waals surface area contributed by atoms with E-state index >= 15 is 0 Å². The molecule has 2 N–H and O–H groups in total. The van der Waals surface area contributed by atoms with Crippen molar-refractivity contribution in [2.24, 2.45) is 50.5 Å². The van der Waals surface area contributed by atoms with Gasteiger partial charge in [-0.2, -0.15) is 0 Å². The largest absolute Gasteiger partial charge is 0.515 e. The lowest BCUT2D eigenvalue weighted by molar-refractivity contribution is -0.146. The molecule has 0 aromatic rings. The van der Waals surface area contributed by atoms with Gasteiger partial charge in [0.2, 0.25) is 0 Å². The third-order valence-electron chi connectivity index (χ3n) is 14.2. The van der Waals surface area contributed by atoms with Crippen molar-refractivity contribution >= 4 is 34.9 Å². The minimum Gasteiger partial charge on any atom is -0.515 e. The van der Waals surface area contributed by atoms with Crippen LogP contribution in [0.2, 0.25) is 0 Å². The summed E-state index contributed by atoms with van der Waals surface area (Å²) in [6.45, 7) is 23.7. The molecule has 5 atom stereocenters. The number of Topliss-reactive ketones (excluding diaryl/α,β-unsaturated/α-hetero) is 1. The molecule has 0 spiro atoms. The maximum Gasteiger partial charge on any atom is 0.321 e. The van der Waals surface area contributed by atoms with Crippen LogP contribution < -0.4 is 5.32 Å². The molecule has 1 aliphatic carbocycles. The van der Waals surface area contributed by atoms with Crippen molar-refractivity contribution in [3.63, 3.8) is 0 Å². The van der Waals surface area contributed by atoms with Gasteiger partial charge in [-0.1, -0.05) is 105 Å². The number of nitrogens with zero attached hydrogens (tertiary/aromatic N) is 3. The quantitative estimate of drug-likeness (QED) is 0.0537. The first-order valence-electron chi connectivity index (χ1n) is 24.1. The van der Waals surface area contributed by atoms with Crippen LogP contribution in [-0.4, -0.2) is 53.7 Å². The summed E-state index contributed by atoms with van der Waals surface area (Å²) in [7, 11) is 1.29. The van der Waals surface area contributed by atoms with Crippen molar-refractivity contribution in [3.8, 4) is 0 Å². The number of allylic oxidation sites excluding steroid dienone is 12. The second kappa shape index (κ2) is 21.7. The lowest BCUT2D eigenvalue weighted by Gasteiger charge is -2.19. The molecular formula is C55H72N4O6. The standard InChI is InChI=1S/C55H72N4O6/c1-12-38-35(8)42-27-43-36(9)40(23-24-48(61)65-26-25-34(7)22-16-21-33(6)20-15-19-32(5)18-14-17-31(3)4)52(58-43)50-51(55(63)64-11)54(62)49-37(10)44(59-53(49)50)28-46-39(13-2)41(30-60)47(57-46)29-45(38)56-42/h12,25,27-33,36,40,51,58,60H,1,13-24,26H2,2-11H3/b34-25+,41-30?,43-27?,44-28?,45-29?,52-50?/t32?,33?,36-,40-,51?/m0/s1. The lowest BCUT2D eigenvalue weighted by atomic mass is 9.85. The molecule has 5 aliphatic heterocycles. The molecule has 5 heterocycles. The molecule has 3 unspecified atom stereocenters. The van der Waals surface area contributed by atoms with Gasteiger partial charge < -0.3 is 19.9 Å². The molecule has 6 rings (SSSR count). The van der Waals surface area contributed by atoms with E-state index in [1.165, 1.54) is 57.6 Å². The van der Waals surface area contributed by atoms with Crippen LogP contribution >= 0.6 is 0 Å². The number of rotatable bonds is 20. The summed E-state index contributed by atoms with van der Waals surface area (Å²) in [5.74, 6) is -0.732. The number of hydrogen-bond donors (Lipinski definition) is 2. The molecule has 0 aromatic heterocycles. The number of aliphatic imine (C=N–C) groups is 3. The SMILES string of the molecule is C=CC1=C(C)C2=NC1=CC1=NC(=C(CC)C1=CO)C=C1N=C3C(=C1C)C(=O)C(C(=O)OC)C3=C1NC(=C2)[C@@H](C)[C@@H]1CCC(=O)OC/C=C(\C)CCCC(C)CCCC(C)CCCC(C)C. The minimum atomic E-state index is -1.23. The van der Waals surface area contributed by atoms with Crippen molar-refractivity contribution < 1.29 is 29.0 Å². The average Bonchev–Trinajstić information content (AvgIpc) is 4.02. The molecule has 0 radical (unpaired) electrons. The first-order chi connectivity index (χ1) is 31.1. The lowest BCUT2D eigenvalue weighted by Crippen LogP contribution is -2.26. The molecular weight excluding hydrogens is 813 g/mol. The van der Waals surface area contributed by atoms with Crippen molar-refractivity contribution in [2.75, 3.05) is 13.7 Å². The molecule has 10 nitrogen and oxygen atoms in total. The average molecular weight is 885 g/mol. The summed E-state index contributed by atoms with van der Waals surface area (Å²) in [5.41, 5.74) is 10.9. The Bertz CT molecular complexity index is 2350. The maximum atomic E-state index is 14.4. The van der Waals surface area contributed by atoms with Crippen LogP contribution in [-0.2, 0) is 23.9 Å². The van der Waals surface area contributed by atoms with E-state index in [1.807, 2.05) is 45.1 Å². The van der Waals surface area contributed by atoms with Gasteiger partial charge in [-0.05, 0) is 105 Å². The number of fused-ring (bicyclic) bond motifs is 5. The van der Waals surface area contributed by atoms with Crippen LogP contribution in [0.3, 0.4) is 0 Å². The normalized spacial score (nSPS) is 23.2. The van der Waals surface area contributed by atoms with E-state index in [1.54, 1.807) is 6.08 Å². The van der Waals surface area contributed by atoms with E-state index in [4.69, 9.17) is 24.5 Å². The van der Waals surface area contributed by atoms with Crippen LogP contribution in [0.25, 0.3) is 0 Å². The van der Waals surface area contributed by atoms with E-state index in [-0.39, 0.29) is 36.6 Å². The summed E-state index contributed by atoms with van der Waals surface area (Å²) < 4.78 is 11.0. The van der Waals surface area contributed by atoms with Crippen LogP contribution in [0.15, 0.2) is 131 Å². The van der Waals surface area contributed by atoms with Crippen LogP contribution in [0.5, 0.6) is 0 Å². The van der Waals surface area contributed by atoms with Gasteiger partial charge in [0.15, 0.2) is 5.78 Å². The highest BCUT2D eigenvalue weighted by atomic mass is 16.5. The summed E-state index contributed by atoms with van der Waals surface area (Å²) in [4.78, 5) is 56.5. The highest BCUT2D eigenvalue weighted by Crippen LogP contribution is 2.47. The molecule has 8 bridgehead atoms. The van der Waals surface area contributed by atoms with Gasteiger partial charge in [0.1, 0.15) is 12.5 Å². The summed E-state index contributed by atoms with van der Waals surface area (Å²) in [5, 5.41) is 14.1. The van der Waals surface area contributed by atoms with Gasteiger partial charge in [0.25, 0.3) is 0 Å². The van der Waals surface area contributed by atoms with E-state index in [9.17, 15) is 19.5 Å². The molecule has 0 amide bonds. The Morgan fingerprint density at radius 3 is 2.25 bits per heavy atom. The molecule has 6 aliphatic rings. The number of hydrogen-bond acceptors (Lipinski definition) is 10. The zero-order valence-corrected chi connectivity index (χ0v) is 40.7. The Balaban J connectivity index is 1.21. The Morgan fingerprint density at radius 1 is 0.908 bits per heavy atom. The molecule has 1 saturated heterocycles. The number of carbonyl (C=O) groups excluding carboxylic acids is 3. The molecule has 2 fully saturated rings. The summed E-state index contributed by atoms with van der Waals surface area (Å²) in [6, 6.07) is 0. The number of esters is 2. The fourth-order valence-electron chi connectivity index (χ4n) is 10.1. The fourth-order valence-corrected chi connectivity index (χ4v) is 10.1. The first kappa shape index (κ1) is 49.1. The predicted octanol–water partition coefficient (Wildman–Crippen LogP) is 12.1. The molecule has 1 saturated carbocycles. The van der Waals surface area contributed by atoms with E-state index < -0.39 is 11.9 Å². The molecule has 65 heavy (non-hydrogen) atoms. The van der Waals surface area contributed by atoms with Crippen molar-refractivity contribution in [1.82, 2.24) is 5.32 Å². The van der Waals surface area contributed by atoms with Gasteiger partial charge in [0.05, 0.1) is 47.6 Å². The van der Waals surface area contributed by atoms with Crippen LogP contribution in [0, 0.1) is 35.5 Å². The number of ether oxygens (including phenoxy) is 2. The number of carbonyl (C=O) groups is 3. The zero-order valence-electron chi connectivity index (χ0n) is 40.7. The first-order valence-corrected chi connectivity index (χ1v) is 24.1. The second-order valence-corrected chi connectivity index (χ2v) is 19.4. The van der Waals surface area contributed by atoms with Gasteiger partial charge in [-0.25, -0.2) is 15.0 Å². The number of aliphatic hydroxyl groups excluding tert-OH is 1. The minimum absolute atomic E-state index is 0.139. The predicted molar refractivity (Wildman–Crippen MR) is 262 cm³/mol. The van der Waals surface area contributed by atoms with E-state index in [0.29, 0.717) is 81.0 Å². The van der Waals surface area contributed by atoms with Crippen LogP contribution in [0.1, 0.15) is 139 Å². The summed E-state index contributed by atoms with van der Waals surface area (Å²) in [6.07, 6.45) is 22.9. The highest BCUT2D eigenvalue weighted by molar-refractivity contribution is 6.42. The Morgan fingerprint density at radius 2 is 1.60 bits per heavy atom. The molecule has 348 valence electrons. The Labute approximate surface area is 387 Å². The van der Waals surface area contributed by atoms with Crippen molar-refractivity contribution in [1.29, 1.82) is 0 Å². The number of ketones is 1. The fraction of sp³-hybridized carbons (Fsp3) is 0.527. The van der Waals surface area contributed by atoms with Gasteiger partial charge in [0, 0.05) is 51.9 Å². The zero-order chi connectivity index (χ0) is 47.1. The van der Waals surface area contributed by atoms with Gasteiger partial charge in [-0.15, -0.1) is 0 Å². The van der Waals surface area contributed by atoms with E-state index in [0.717, 1.165) is 53.4 Å². The Hall–Kier alpha value is -5.38. The maximum absolute atomic E-state index is 14.4.